The van der Waals surface area contributed by atoms with Crippen LogP contribution in [-0.4, -0.2) is 25.5 Å². The van der Waals surface area contributed by atoms with E-state index in [1.54, 1.807) is 60.5 Å². The second kappa shape index (κ2) is 6.53. The maximum atomic E-state index is 12.3. The zero-order valence-electron chi connectivity index (χ0n) is 12.3. The number of hydrogen-bond acceptors (Lipinski definition) is 4. The van der Waals surface area contributed by atoms with Gasteiger partial charge in [-0.25, -0.2) is 4.68 Å². The summed E-state index contributed by atoms with van der Waals surface area (Å²) in [5.74, 6) is 0.811. The van der Waals surface area contributed by atoms with Gasteiger partial charge in [0.05, 0.1) is 0 Å². The molecule has 0 bridgehead atoms. The van der Waals surface area contributed by atoms with E-state index >= 15 is 0 Å². The van der Waals surface area contributed by atoms with E-state index in [-0.39, 0.29) is 12.6 Å². The van der Waals surface area contributed by atoms with Gasteiger partial charge in [0.1, 0.15) is 11.4 Å². The lowest BCUT2D eigenvalue weighted by molar-refractivity contribution is 0.100. The lowest BCUT2D eigenvalue weighted by Crippen LogP contribution is -2.20. The van der Waals surface area contributed by atoms with Gasteiger partial charge in [0.15, 0.2) is 12.5 Å². The fourth-order valence-electron chi connectivity index (χ4n) is 1.96. The molecule has 3 aromatic rings. The van der Waals surface area contributed by atoms with Crippen molar-refractivity contribution < 1.29 is 9.53 Å². The zero-order chi connectivity index (χ0) is 16.2. The predicted molar refractivity (Wildman–Crippen MR) is 85.5 cm³/mol. The van der Waals surface area contributed by atoms with Crippen LogP contribution in [0, 0.1) is 0 Å². The van der Waals surface area contributed by atoms with Gasteiger partial charge in [-0.1, -0.05) is 11.6 Å². The quantitative estimate of drug-likeness (QED) is 0.779. The number of ether oxygens (including phenoxy) is 1. The smallest absolute Gasteiger partial charge is 0.275 e. The number of nitrogens with zero attached hydrogens (tertiary/aromatic N) is 4. The molecule has 0 unspecified atom stereocenters. The van der Waals surface area contributed by atoms with Crippen LogP contribution in [0.2, 0.25) is 5.02 Å². The Labute approximate surface area is 137 Å². The molecule has 1 N–H and O–H groups in total. The van der Waals surface area contributed by atoms with Gasteiger partial charge in [-0.05, 0) is 30.3 Å². The van der Waals surface area contributed by atoms with Gasteiger partial charge in [0.25, 0.3) is 5.91 Å². The van der Waals surface area contributed by atoms with Gasteiger partial charge in [0.2, 0.25) is 0 Å². The van der Waals surface area contributed by atoms with Gasteiger partial charge in [-0.2, -0.15) is 10.2 Å². The minimum Gasteiger partial charge on any atom is -0.471 e. The van der Waals surface area contributed by atoms with Crippen molar-refractivity contribution in [1.29, 1.82) is 0 Å². The van der Waals surface area contributed by atoms with Crippen LogP contribution < -0.4 is 10.1 Å². The largest absolute Gasteiger partial charge is 0.471 e. The topological polar surface area (TPSA) is 74.0 Å². The summed E-state index contributed by atoms with van der Waals surface area (Å²) in [6.45, 7) is 0.111. The van der Waals surface area contributed by atoms with E-state index in [1.165, 1.54) is 4.68 Å². The monoisotopic (exact) mass is 331 g/mol. The summed E-state index contributed by atoms with van der Waals surface area (Å²) in [5, 5.41) is 11.5. The molecule has 8 heteroatoms. The van der Waals surface area contributed by atoms with E-state index < -0.39 is 0 Å². The van der Waals surface area contributed by atoms with Gasteiger partial charge >= 0.3 is 0 Å². The molecule has 2 heterocycles. The number of halogens is 1. The summed E-state index contributed by atoms with van der Waals surface area (Å²) in [6.07, 6.45) is 3.29. The maximum Gasteiger partial charge on any atom is 0.275 e. The molecule has 2 aromatic heterocycles. The Hall–Kier alpha value is -2.80. The second-order valence-corrected chi connectivity index (χ2v) is 5.21. The van der Waals surface area contributed by atoms with E-state index in [2.05, 4.69) is 15.5 Å². The molecule has 0 aliphatic carbocycles. The minimum atomic E-state index is -0.305. The zero-order valence-corrected chi connectivity index (χ0v) is 13.1. The Kier molecular flexibility index (Phi) is 4.29. The van der Waals surface area contributed by atoms with Crippen LogP contribution >= 0.6 is 11.6 Å². The molecule has 118 valence electrons. The van der Waals surface area contributed by atoms with E-state index in [9.17, 15) is 4.79 Å². The number of carbonyl (C=O) groups is 1. The Morgan fingerprint density at radius 1 is 1.26 bits per heavy atom. The summed E-state index contributed by atoms with van der Waals surface area (Å²) in [5.41, 5.74) is 0.379. The molecular weight excluding hydrogens is 318 g/mol. The molecule has 0 saturated heterocycles. The fraction of sp³-hybridized carbons (Fsp3) is 0.133. The van der Waals surface area contributed by atoms with Gasteiger partial charge < -0.3 is 10.1 Å². The molecule has 3 rings (SSSR count). The molecule has 0 spiro atoms. The number of benzene rings is 1. The number of aryl methyl sites for hydroxylation is 1. The predicted octanol–water partition coefficient (Wildman–Crippen LogP) is 2.56. The number of aromatic nitrogens is 4. The highest BCUT2D eigenvalue weighted by atomic mass is 35.5. The third-order valence-corrected chi connectivity index (χ3v) is 3.32. The van der Waals surface area contributed by atoms with E-state index in [0.29, 0.717) is 22.3 Å². The SMILES string of the molecule is Cn1ccc(NC(=O)c2ccnn2COc2ccc(Cl)cc2)n1. The van der Waals surface area contributed by atoms with Crippen molar-refractivity contribution in [3.8, 4) is 5.75 Å². The molecule has 0 aliphatic heterocycles. The van der Waals surface area contributed by atoms with Gasteiger partial charge in [-0.15, -0.1) is 0 Å². The van der Waals surface area contributed by atoms with Crippen molar-refractivity contribution >= 4 is 23.3 Å². The van der Waals surface area contributed by atoms with Crippen molar-refractivity contribution in [2.75, 3.05) is 5.32 Å². The number of amides is 1. The third kappa shape index (κ3) is 3.70. The highest BCUT2D eigenvalue weighted by Crippen LogP contribution is 2.16. The highest BCUT2D eigenvalue weighted by Gasteiger charge is 2.13. The lowest BCUT2D eigenvalue weighted by atomic mass is 10.3. The molecule has 7 nitrogen and oxygen atoms in total. The Morgan fingerprint density at radius 2 is 2.04 bits per heavy atom. The van der Waals surface area contributed by atoms with Gasteiger partial charge in [-0.3, -0.25) is 9.48 Å². The van der Waals surface area contributed by atoms with Crippen LogP contribution in [0.15, 0.2) is 48.8 Å². The Balaban J connectivity index is 1.66. The molecule has 0 aliphatic rings. The number of rotatable bonds is 5. The average Bonchev–Trinajstić information content (AvgIpc) is 3.15. The first-order valence-electron chi connectivity index (χ1n) is 6.83. The average molecular weight is 332 g/mol. The molecular formula is C15H14ClN5O2. The van der Waals surface area contributed by atoms with Crippen molar-refractivity contribution in [2.45, 2.75) is 6.73 Å². The van der Waals surface area contributed by atoms with Crippen LogP contribution in [0.25, 0.3) is 0 Å². The van der Waals surface area contributed by atoms with Crippen molar-refractivity contribution in [1.82, 2.24) is 19.6 Å². The third-order valence-electron chi connectivity index (χ3n) is 3.07. The number of anilines is 1. The van der Waals surface area contributed by atoms with Crippen LogP contribution in [0.1, 0.15) is 10.5 Å². The highest BCUT2D eigenvalue weighted by molar-refractivity contribution is 6.30. The summed E-state index contributed by atoms with van der Waals surface area (Å²) < 4.78 is 8.67. The molecule has 0 saturated carbocycles. The second-order valence-electron chi connectivity index (χ2n) is 4.77. The lowest BCUT2D eigenvalue weighted by Gasteiger charge is -2.09. The first-order valence-corrected chi connectivity index (χ1v) is 7.21. The molecule has 0 fully saturated rings. The minimum absolute atomic E-state index is 0.111. The Morgan fingerprint density at radius 3 is 2.74 bits per heavy atom. The van der Waals surface area contributed by atoms with Crippen LogP contribution in [0.5, 0.6) is 5.75 Å². The number of nitrogens with one attached hydrogen (secondary N) is 1. The summed E-state index contributed by atoms with van der Waals surface area (Å²) in [7, 11) is 1.78. The van der Waals surface area contributed by atoms with Crippen molar-refractivity contribution in [3.05, 3.63) is 59.5 Å². The summed E-state index contributed by atoms with van der Waals surface area (Å²) >= 11 is 5.82. The first-order chi connectivity index (χ1) is 11.1. The van der Waals surface area contributed by atoms with E-state index in [1.807, 2.05) is 0 Å². The van der Waals surface area contributed by atoms with E-state index in [0.717, 1.165) is 0 Å². The van der Waals surface area contributed by atoms with Crippen LogP contribution in [0.3, 0.4) is 0 Å². The number of carbonyl (C=O) groups excluding carboxylic acids is 1. The fourth-order valence-corrected chi connectivity index (χ4v) is 2.08. The van der Waals surface area contributed by atoms with Crippen molar-refractivity contribution in [3.63, 3.8) is 0 Å². The molecule has 23 heavy (non-hydrogen) atoms. The first kappa shape index (κ1) is 15.1. The summed E-state index contributed by atoms with van der Waals surface area (Å²) in [6, 6.07) is 10.3. The molecule has 0 atom stereocenters. The van der Waals surface area contributed by atoms with Crippen molar-refractivity contribution in [2.24, 2.45) is 7.05 Å². The number of hydrogen-bond donors (Lipinski definition) is 1. The molecule has 0 radical (unpaired) electrons. The summed E-state index contributed by atoms with van der Waals surface area (Å²) in [4.78, 5) is 12.3. The standard InChI is InChI=1S/C15H14ClN5O2/c1-20-9-7-14(19-20)18-15(22)13-6-8-17-21(13)10-23-12-4-2-11(16)3-5-12/h2-9H,10H2,1H3,(H,18,19,22). The molecule has 1 amide bonds. The normalized spacial score (nSPS) is 10.5. The van der Waals surface area contributed by atoms with Crippen LogP contribution in [-0.2, 0) is 13.8 Å². The maximum absolute atomic E-state index is 12.3. The van der Waals surface area contributed by atoms with Gasteiger partial charge in [0, 0.05) is 30.5 Å². The Bertz CT molecular complexity index is 809. The van der Waals surface area contributed by atoms with Crippen LogP contribution in [0.4, 0.5) is 5.82 Å². The molecule has 1 aromatic carbocycles. The van der Waals surface area contributed by atoms with E-state index in [4.69, 9.17) is 16.3 Å².